The Bertz CT molecular complexity index is 480. The van der Waals surface area contributed by atoms with Gasteiger partial charge in [-0.3, -0.25) is 4.79 Å². The fraction of sp³-hybridized carbons (Fsp3) is 0.800. The van der Waals surface area contributed by atoms with Crippen LogP contribution >= 0.6 is 12.4 Å². The smallest absolute Gasteiger partial charge is 0.239 e. The van der Waals surface area contributed by atoms with Gasteiger partial charge in [0, 0.05) is 26.4 Å². The Kier molecular flexibility index (Phi) is 7.29. The number of nitrogens with zero attached hydrogens (tertiary/aromatic N) is 3. The minimum absolute atomic E-state index is 0. The van der Waals surface area contributed by atoms with Crippen LogP contribution in [-0.2, 0) is 11.2 Å². The predicted molar refractivity (Wildman–Crippen MR) is 86.7 cm³/mol. The third kappa shape index (κ3) is 4.68. The van der Waals surface area contributed by atoms with Crippen LogP contribution in [0.25, 0.3) is 0 Å². The van der Waals surface area contributed by atoms with Crippen molar-refractivity contribution in [1.82, 2.24) is 15.0 Å². The number of halogens is 1. The molecule has 22 heavy (non-hydrogen) atoms. The first-order valence-corrected chi connectivity index (χ1v) is 7.84. The Morgan fingerprint density at radius 1 is 1.55 bits per heavy atom. The number of hydrogen-bond donors (Lipinski definition) is 1. The zero-order valence-corrected chi connectivity index (χ0v) is 14.4. The number of amides is 1. The summed E-state index contributed by atoms with van der Waals surface area (Å²) in [4.78, 5) is 18.6. The third-order valence-electron chi connectivity index (χ3n) is 4.41. The number of likely N-dealkylation sites (tertiary alicyclic amines) is 1. The molecule has 1 fully saturated rings. The van der Waals surface area contributed by atoms with Crippen LogP contribution in [0, 0.1) is 18.8 Å². The summed E-state index contributed by atoms with van der Waals surface area (Å²) >= 11 is 0. The molecule has 0 aromatic carbocycles. The lowest BCUT2D eigenvalue weighted by Crippen LogP contribution is -2.50. The lowest BCUT2D eigenvalue weighted by atomic mass is 9.92. The van der Waals surface area contributed by atoms with Crippen molar-refractivity contribution in [2.24, 2.45) is 17.6 Å². The van der Waals surface area contributed by atoms with Crippen LogP contribution in [0.15, 0.2) is 4.52 Å². The van der Waals surface area contributed by atoms with Gasteiger partial charge in [-0.25, -0.2) is 0 Å². The highest BCUT2D eigenvalue weighted by Crippen LogP contribution is 2.21. The van der Waals surface area contributed by atoms with Gasteiger partial charge in [0.25, 0.3) is 0 Å². The summed E-state index contributed by atoms with van der Waals surface area (Å²) in [6, 6.07) is -0.388. The second kappa shape index (κ2) is 8.48. The van der Waals surface area contributed by atoms with Gasteiger partial charge in [-0.15, -0.1) is 12.4 Å². The fourth-order valence-electron chi connectivity index (χ4n) is 2.82. The molecule has 3 atom stereocenters. The van der Waals surface area contributed by atoms with E-state index in [4.69, 9.17) is 10.3 Å². The maximum absolute atomic E-state index is 12.5. The average Bonchev–Trinajstić information content (AvgIpc) is 2.90. The summed E-state index contributed by atoms with van der Waals surface area (Å²) in [5, 5.41) is 3.94. The fourth-order valence-corrected chi connectivity index (χ4v) is 2.82. The van der Waals surface area contributed by atoms with E-state index in [0.29, 0.717) is 11.8 Å². The summed E-state index contributed by atoms with van der Waals surface area (Å²) in [7, 11) is 0. The van der Waals surface area contributed by atoms with Crippen LogP contribution in [0.3, 0.4) is 0 Å². The van der Waals surface area contributed by atoms with Gasteiger partial charge in [0.05, 0.1) is 6.04 Å². The lowest BCUT2D eigenvalue weighted by Gasteiger charge is -2.35. The molecule has 1 aliphatic heterocycles. The van der Waals surface area contributed by atoms with Crippen LogP contribution in [0.5, 0.6) is 0 Å². The largest absolute Gasteiger partial charge is 0.341 e. The van der Waals surface area contributed by atoms with E-state index in [1.54, 1.807) is 6.92 Å². The first kappa shape index (κ1) is 18.9. The van der Waals surface area contributed by atoms with E-state index in [1.807, 2.05) is 11.8 Å². The van der Waals surface area contributed by atoms with E-state index in [0.717, 1.165) is 44.6 Å². The number of carbonyl (C=O) groups is 1. The van der Waals surface area contributed by atoms with Gasteiger partial charge < -0.3 is 15.2 Å². The number of piperidine rings is 1. The summed E-state index contributed by atoms with van der Waals surface area (Å²) < 4.78 is 5.00. The van der Waals surface area contributed by atoms with Gasteiger partial charge in [0.1, 0.15) is 0 Å². The van der Waals surface area contributed by atoms with E-state index in [-0.39, 0.29) is 30.3 Å². The van der Waals surface area contributed by atoms with Crippen LogP contribution < -0.4 is 5.73 Å². The first-order chi connectivity index (χ1) is 10.0. The van der Waals surface area contributed by atoms with Crippen molar-refractivity contribution in [3.63, 3.8) is 0 Å². The molecule has 2 rings (SSSR count). The normalized spacial score (nSPS) is 21.1. The molecule has 1 amide bonds. The molecule has 7 heteroatoms. The molecule has 1 aromatic rings. The van der Waals surface area contributed by atoms with Crippen molar-refractivity contribution in [2.45, 2.75) is 52.5 Å². The average molecular weight is 331 g/mol. The molecule has 0 spiro atoms. The van der Waals surface area contributed by atoms with E-state index in [1.165, 1.54) is 0 Å². The Labute approximate surface area is 138 Å². The lowest BCUT2D eigenvalue weighted by molar-refractivity contribution is -0.135. The standard InChI is InChI=1S/C15H26N4O2.ClH/c1-4-10(2)14(16)15(20)19-7-5-6-12(9-19)8-13-17-11(3)21-18-13;/h10,12,14H,4-9,16H2,1-3H3;1H. The van der Waals surface area contributed by atoms with Crippen molar-refractivity contribution in [1.29, 1.82) is 0 Å². The van der Waals surface area contributed by atoms with Crippen molar-refractivity contribution >= 4 is 18.3 Å². The molecule has 1 aliphatic rings. The molecule has 126 valence electrons. The van der Waals surface area contributed by atoms with Gasteiger partial charge in [-0.2, -0.15) is 4.98 Å². The van der Waals surface area contributed by atoms with Crippen molar-refractivity contribution in [3.05, 3.63) is 11.7 Å². The number of aryl methyl sites for hydroxylation is 1. The van der Waals surface area contributed by atoms with E-state index in [9.17, 15) is 4.79 Å². The predicted octanol–water partition coefficient (Wildman–Crippen LogP) is 1.95. The molecule has 0 radical (unpaired) electrons. The molecular weight excluding hydrogens is 304 g/mol. The summed E-state index contributed by atoms with van der Waals surface area (Å²) in [5.41, 5.74) is 6.07. The SMILES string of the molecule is CCC(C)C(N)C(=O)N1CCCC(Cc2noc(C)n2)C1.Cl. The molecule has 6 nitrogen and oxygen atoms in total. The van der Waals surface area contributed by atoms with Crippen LogP contribution in [-0.4, -0.2) is 40.1 Å². The second-order valence-electron chi connectivity index (χ2n) is 6.14. The molecule has 0 saturated carbocycles. The highest BCUT2D eigenvalue weighted by molar-refractivity contribution is 5.85. The first-order valence-electron chi connectivity index (χ1n) is 7.84. The Morgan fingerprint density at radius 2 is 2.27 bits per heavy atom. The number of hydrogen-bond acceptors (Lipinski definition) is 5. The maximum atomic E-state index is 12.5. The van der Waals surface area contributed by atoms with Gasteiger partial charge in [0.2, 0.25) is 11.8 Å². The van der Waals surface area contributed by atoms with E-state index >= 15 is 0 Å². The van der Waals surface area contributed by atoms with Crippen LogP contribution in [0.2, 0.25) is 0 Å². The number of aromatic nitrogens is 2. The molecule has 1 saturated heterocycles. The monoisotopic (exact) mass is 330 g/mol. The third-order valence-corrected chi connectivity index (χ3v) is 4.41. The summed E-state index contributed by atoms with van der Waals surface area (Å²) in [6.45, 7) is 7.45. The van der Waals surface area contributed by atoms with Crippen LogP contribution in [0.4, 0.5) is 0 Å². The second-order valence-corrected chi connectivity index (χ2v) is 6.14. The van der Waals surface area contributed by atoms with Gasteiger partial charge in [0.15, 0.2) is 5.82 Å². The molecule has 0 bridgehead atoms. The van der Waals surface area contributed by atoms with Crippen molar-refractivity contribution in [2.75, 3.05) is 13.1 Å². The Hall–Kier alpha value is -1.14. The topological polar surface area (TPSA) is 85.3 Å². The molecule has 0 aliphatic carbocycles. The highest BCUT2D eigenvalue weighted by Gasteiger charge is 2.29. The van der Waals surface area contributed by atoms with Gasteiger partial charge in [-0.1, -0.05) is 25.4 Å². The van der Waals surface area contributed by atoms with E-state index in [2.05, 4.69) is 17.1 Å². The minimum atomic E-state index is -0.388. The quantitative estimate of drug-likeness (QED) is 0.892. The maximum Gasteiger partial charge on any atom is 0.239 e. The Morgan fingerprint density at radius 3 is 2.86 bits per heavy atom. The van der Waals surface area contributed by atoms with Crippen molar-refractivity contribution < 1.29 is 9.32 Å². The number of rotatable bonds is 5. The zero-order chi connectivity index (χ0) is 15.4. The Balaban J connectivity index is 0.00000242. The number of carbonyl (C=O) groups excluding carboxylic acids is 1. The van der Waals surface area contributed by atoms with Gasteiger partial charge in [-0.05, 0) is 24.7 Å². The molecule has 2 heterocycles. The minimum Gasteiger partial charge on any atom is -0.341 e. The van der Waals surface area contributed by atoms with Crippen LogP contribution in [0.1, 0.15) is 44.8 Å². The molecular formula is C15H27ClN4O2. The molecule has 2 N–H and O–H groups in total. The molecule has 3 unspecified atom stereocenters. The summed E-state index contributed by atoms with van der Waals surface area (Å²) in [6.07, 6.45) is 3.79. The zero-order valence-electron chi connectivity index (χ0n) is 13.6. The number of nitrogens with two attached hydrogens (primary N) is 1. The summed E-state index contributed by atoms with van der Waals surface area (Å²) in [5.74, 6) is 2.02. The highest BCUT2D eigenvalue weighted by atomic mass is 35.5. The van der Waals surface area contributed by atoms with E-state index < -0.39 is 0 Å². The van der Waals surface area contributed by atoms with Gasteiger partial charge >= 0.3 is 0 Å². The molecule has 1 aromatic heterocycles. The van der Waals surface area contributed by atoms with Crippen molar-refractivity contribution in [3.8, 4) is 0 Å².